The van der Waals surface area contributed by atoms with Gasteiger partial charge < -0.3 is 0 Å². The molecule has 90 valence electrons. The van der Waals surface area contributed by atoms with E-state index in [0.717, 1.165) is 5.01 Å². The smallest absolute Gasteiger partial charge is 0.236 e. The lowest BCUT2D eigenvalue weighted by atomic mass is 10.1. The van der Waals surface area contributed by atoms with Crippen molar-refractivity contribution in [1.29, 1.82) is 0 Å². The van der Waals surface area contributed by atoms with Crippen molar-refractivity contribution < 1.29 is 9.59 Å². The summed E-state index contributed by atoms with van der Waals surface area (Å²) < 4.78 is 0. The van der Waals surface area contributed by atoms with Crippen molar-refractivity contribution in [1.82, 2.24) is 10.2 Å². The predicted octanol–water partition coefficient (Wildman–Crippen LogP) is 1.50. The van der Waals surface area contributed by atoms with E-state index in [9.17, 15) is 9.59 Å². The fraction of sp³-hybridized carbons (Fsp3) is 0.636. The first-order chi connectivity index (χ1) is 8.24. The van der Waals surface area contributed by atoms with Crippen molar-refractivity contribution in [3.8, 4) is 0 Å². The third kappa shape index (κ3) is 1.97. The lowest BCUT2D eigenvalue weighted by Gasteiger charge is -2.08. The number of carbonyl (C=O) groups is 2. The highest BCUT2D eigenvalue weighted by Crippen LogP contribution is 2.37. The maximum absolute atomic E-state index is 11.6. The van der Waals surface area contributed by atoms with Crippen LogP contribution in [0.4, 0.5) is 5.13 Å². The van der Waals surface area contributed by atoms with Gasteiger partial charge in [-0.25, -0.2) is 0 Å². The van der Waals surface area contributed by atoms with Crippen LogP contribution in [0, 0.1) is 0 Å². The van der Waals surface area contributed by atoms with Gasteiger partial charge in [0, 0.05) is 5.92 Å². The van der Waals surface area contributed by atoms with Crippen LogP contribution < -0.4 is 4.90 Å². The van der Waals surface area contributed by atoms with Gasteiger partial charge in [-0.3, -0.25) is 14.5 Å². The van der Waals surface area contributed by atoms with Crippen molar-refractivity contribution in [3.05, 3.63) is 5.01 Å². The summed E-state index contributed by atoms with van der Waals surface area (Å²) in [6, 6.07) is 0. The number of nitrogens with zero attached hydrogens (tertiary/aromatic N) is 3. The Kier molecular flexibility index (Phi) is 2.66. The van der Waals surface area contributed by atoms with Crippen LogP contribution in [0.1, 0.15) is 43.0 Å². The summed E-state index contributed by atoms with van der Waals surface area (Å²) in [6.45, 7) is 0.165. The Bertz CT molecular complexity index is 465. The Morgan fingerprint density at radius 2 is 1.94 bits per heavy atom. The fourth-order valence-corrected chi connectivity index (χ4v) is 3.46. The van der Waals surface area contributed by atoms with Crippen LogP contribution in [0.2, 0.25) is 0 Å². The number of anilines is 1. The standard InChI is InChI=1S/C11H13N3O2S/c15-8-5-9(16)14(6-8)11-13-12-10(17-11)7-3-1-2-4-7/h7H,1-6H2. The Labute approximate surface area is 103 Å². The molecule has 6 heteroatoms. The number of hydrogen-bond donors (Lipinski definition) is 0. The van der Waals surface area contributed by atoms with Crippen LogP contribution in [0.25, 0.3) is 0 Å². The number of Topliss-reactive ketones (excluding diaryl/α,β-unsaturated/α-hetero) is 1. The maximum atomic E-state index is 11.6. The van der Waals surface area contributed by atoms with E-state index in [2.05, 4.69) is 10.2 Å². The molecule has 1 aromatic rings. The van der Waals surface area contributed by atoms with Gasteiger partial charge >= 0.3 is 0 Å². The summed E-state index contributed by atoms with van der Waals surface area (Å²) in [6.07, 6.45) is 4.85. The molecule has 2 heterocycles. The average Bonchev–Trinajstić information content (AvgIpc) is 2.97. The molecule has 2 fully saturated rings. The molecule has 5 nitrogen and oxygen atoms in total. The largest absolute Gasteiger partial charge is 0.297 e. The normalized spacial score (nSPS) is 21.8. The number of rotatable bonds is 2. The summed E-state index contributed by atoms with van der Waals surface area (Å²) in [5.74, 6) is 0.325. The third-order valence-corrected chi connectivity index (χ3v) is 4.46. The molecule has 3 rings (SSSR count). The van der Waals surface area contributed by atoms with E-state index < -0.39 is 0 Å². The van der Waals surface area contributed by atoms with Gasteiger partial charge in [0.2, 0.25) is 11.0 Å². The lowest BCUT2D eigenvalue weighted by molar-refractivity contribution is -0.121. The molecule has 1 aliphatic carbocycles. The summed E-state index contributed by atoms with van der Waals surface area (Å²) in [4.78, 5) is 24.2. The van der Waals surface area contributed by atoms with E-state index in [1.807, 2.05) is 0 Å². The molecule has 1 aromatic heterocycles. The van der Waals surface area contributed by atoms with Crippen molar-refractivity contribution in [3.63, 3.8) is 0 Å². The minimum atomic E-state index is -0.149. The zero-order valence-corrected chi connectivity index (χ0v) is 10.2. The first-order valence-corrected chi connectivity index (χ1v) is 6.71. The topological polar surface area (TPSA) is 63.2 Å². The molecule has 1 aliphatic heterocycles. The van der Waals surface area contributed by atoms with Gasteiger partial charge in [0.1, 0.15) is 5.01 Å². The van der Waals surface area contributed by atoms with E-state index >= 15 is 0 Å². The van der Waals surface area contributed by atoms with E-state index in [-0.39, 0.29) is 24.7 Å². The number of amides is 1. The number of hydrogen-bond acceptors (Lipinski definition) is 5. The quantitative estimate of drug-likeness (QED) is 0.747. The molecule has 0 unspecified atom stereocenters. The van der Waals surface area contributed by atoms with Gasteiger partial charge in [0.05, 0.1) is 13.0 Å². The highest BCUT2D eigenvalue weighted by Gasteiger charge is 2.32. The van der Waals surface area contributed by atoms with Gasteiger partial charge in [-0.2, -0.15) is 0 Å². The summed E-state index contributed by atoms with van der Waals surface area (Å²) in [5, 5.41) is 9.82. The third-order valence-electron chi connectivity index (χ3n) is 3.35. The van der Waals surface area contributed by atoms with E-state index in [4.69, 9.17) is 0 Å². The molecular formula is C11H13N3O2S. The number of ketones is 1. The monoisotopic (exact) mass is 251 g/mol. The Hall–Kier alpha value is -1.30. The second kappa shape index (κ2) is 4.18. The molecule has 1 saturated carbocycles. The summed E-state index contributed by atoms with van der Waals surface area (Å²) in [5.41, 5.74) is 0. The van der Waals surface area contributed by atoms with Crippen molar-refractivity contribution in [2.24, 2.45) is 0 Å². The highest BCUT2D eigenvalue weighted by atomic mass is 32.1. The van der Waals surface area contributed by atoms with E-state index in [1.54, 1.807) is 0 Å². The zero-order valence-electron chi connectivity index (χ0n) is 9.39. The van der Waals surface area contributed by atoms with Crippen LogP contribution in [0.5, 0.6) is 0 Å². The molecular weight excluding hydrogens is 238 g/mol. The molecule has 0 spiro atoms. The zero-order chi connectivity index (χ0) is 11.8. The minimum absolute atomic E-state index is 0.0122. The average molecular weight is 251 g/mol. The second-order valence-corrected chi connectivity index (χ2v) is 5.59. The van der Waals surface area contributed by atoms with Crippen molar-refractivity contribution in [2.45, 2.75) is 38.0 Å². The second-order valence-electron chi connectivity index (χ2n) is 4.60. The maximum Gasteiger partial charge on any atom is 0.236 e. The molecule has 0 bridgehead atoms. The van der Waals surface area contributed by atoms with Gasteiger partial charge in [-0.05, 0) is 12.8 Å². The fourth-order valence-electron chi connectivity index (χ4n) is 2.43. The molecule has 1 amide bonds. The lowest BCUT2D eigenvalue weighted by Crippen LogP contribution is -2.24. The molecule has 0 radical (unpaired) electrons. The van der Waals surface area contributed by atoms with Crippen LogP contribution in [0.3, 0.4) is 0 Å². The van der Waals surface area contributed by atoms with E-state index in [0.29, 0.717) is 11.0 Å². The predicted molar refractivity (Wildman–Crippen MR) is 63.1 cm³/mol. The minimum Gasteiger partial charge on any atom is -0.297 e. The van der Waals surface area contributed by atoms with Gasteiger partial charge in [0.25, 0.3) is 0 Å². The van der Waals surface area contributed by atoms with Crippen LogP contribution in [-0.2, 0) is 9.59 Å². The molecule has 1 saturated heterocycles. The molecule has 0 atom stereocenters. The first-order valence-electron chi connectivity index (χ1n) is 5.89. The van der Waals surface area contributed by atoms with Crippen molar-refractivity contribution in [2.75, 3.05) is 11.4 Å². The van der Waals surface area contributed by atoms with Crippen LogP contribution in [-0.4, -0.2) is 28.4 Å². The van der Waals surface area contributed by atoms with Gasteiger partial charge in [-0.1, -0.05) is 24.2 Å². The molecule has 0 aromatic carbocycles. The Morgan fingerprint density at radius 1 is 1.18 bits per heavy atom. The van der Waals surface area contributed by atoms with Gasteiger partial charge in [-0.15, -0.1) is 10.2 Å². The SMILES string of the molecule is O=C1CC(=O)N(c2nnc(C3CCCC3)s2)C1. The Balaban J connectivity index is 1.80. The Morgan fingerprint density at radius 3 is 2.59 bits per heavy atom. The summed E-state index contributed by atoms with van der Waals surface area (Å²) in [7, 11) is 0. The molecule has 0 N–H and O–H groups in total. The van der Waals surface area contributed by atoms with Crippen LogP contribution in [0.15, 0.2) is 0 Å². The highest BCUT2D eigenvalue weighted by molar-refractivity contribution is 7.15. The molecule has 17 heavy (non-hydrogen) atoms. The van der Waals surface area contributed by atoms with Crippen LogP contribution >= 0.6 is 11.3 Å². The first kappa shape index (κ1) is 10.8. The van der Waals surface area contributed by atoms with Gasteiger partial charge in [0.15, 0.2) is 5.78 Å². The number of aromatic nitrogens is 2. The molecule has 2 aliphatic rings. The summed E-state index contributed by atoms with van der Waals surface area (Å²) >= 11 is 1.46. The van der Waals surface area contributed by atoms with Crippen molar-refractivity contribution >= 4 is 28.2 Å². The van der Waals surface area contributed by atoms with E-state index in [1.165, 1.54) is 41.9 Å². The number of carbonyl (C=O) groups excluding carboxylic acids is 2.